The number of hydrogen-bond donors (Lipinski definition) is 3. The zero-order valence-electron chi connectivity index (χ0n) is 12.0. The SMILES string of the molecule is Cc1ccncc1CNc1ncnc(NN)c1C(C)C. The highest BCUT2D eigenvalue weighted by molar-refractivity contribution is 5.58. The third kappa shape index (κ3) is 3.03. The summed E-state index contributed by atoms with van der Waals surface area (Å²) in [4.78, 5) is 12.6. The van der Waals surface area contributed by atoms with Gasteiger partial charge in [0.2, 0.25) is 0 Å². The highest BCUT2D eigenvalue weighted by Crippen LogP contribution is 2.28. The van der Waals surface area contributed by atoms with Gasteiger partial charge in [-0.3, -0.25) is 4.98 Å². The number of aromatic nitrogens is 3. The molecule has 0 fully saturated rings. The van der Waals surface area contributed by atoms with Gasteiger partial charge in [0.05, 0.1) is 0 Å². The third-order valence-electron chi connectivity index (χ3n) is 3.19. The van der Waals surface area contributed by atoms with Gasteiger partial charge in [-0.05, 0) is 30.0 Å². The molecule has 6 heteroatoms. The highest BCUT2D eigenvalue weighted by Gasteiger charge is 2.14. The lowest BCUT2D eigenvalue weighted by molar-refractivity contribution is 0.844. The van der Waals surface area contributed by atoms with Crippen molar-refractivity contribution in [2.75, 3.05) is 10.7 Å². The van der Waals surface area contributed by atoms with Crippen molar-refractivity contribution in [3.63, 3.8) is 0 Å². The molecule has 0 aliphatic carbocycles. The van der Waals surface area contributed by atoms with Crippen LogP contribution >= 0.6 is 0 Å². The number of hydrazine groups is 1. The van der Waals surface area contributed by atoms with Crippen LogP contribution in [0.15, 0.2) is 24.8 Å². The lowest BCUT2D eigenvalue weighted by Gasteiger charge is -2.16. The minimum absolute atomic E-state index is 0.264. The molecule has 2 rings (SSSR count). The minimum atomic E-state index is 0.264. The first kappa shape index (κ1) is 14.2. The van der Waals surface area contributed by atoms with E-state index in [-0.39, 0.29) is 5.92 Å². The summed E-state index contributed by atoms with van der Waals surface area (Å²) in [5, 5.41) is 3.34. The van der Waals surface area contributed by atoms with Gasteiger partial charge in [-0.1, -0.05) is 13.8 Å². The highest BCUT2D eigenvalue weighted by atomic mass is 15.3. The molecule has 0 saturated heterocycles. The molecule has 4 N–H and O–H groups in total. The number of nitrogens with zero attached hydrogens (tertiary/aromatic N) is 3. The van der Waals surface area contributed by atoms with Crippen LogP contribution in [0.2, 0.25) is 0 Å². The van der Waals surface area contributed by atoms with E-state index in [4.69, 9.17) is 5.84 Å². The largest absolute Gasteiger partial charge is 0.366 e. The molecule has 0 spiro atoms. The molecule has 0 amide bonds. The van der Waals surface area contributed by atoms with Gasteiger partial charge in [0, 0.05) is 24.5 Å². The fourth-order valence-electron chi connectivity index (χ4n) is 2.06. The molecule has 106 valence electrons. The van der Waals surface area contributed by atoms with Gasteiger partial charge in [0.15, 0.2) is 0 Å². The first-order valence-electron chi connectivity index (χ1n) is 6.58. The summed E-state index contributed by atoms with van der Waals surface area (Å²) in [5.74, 6) is 7.22. The second-order valence-electron chi connectivity index (χ2n) is 4.94. The number of nitrogens with one attached hydrogen (secondary N) is 2. The molecular weight excluding hydrogens is 252 g/mol. The molecule has 20 heavy (non-hydrogen) atoms. The molecule has 6 nitrogen and oxygen atoms in total. The molecule has 2 aromatic rings. The van der Waals surface area contributed by atoms with Gasteiger partial charge in [-0.25, -0.2) is 15.8 Å². The number of hydrogen-bond acceptors (Lipinski definition) is 6. The van der Waals surface area contributed by atoms with Crippen LogP contribution in [0.1, 0.15) is 36.5 Å². The van der Waals surface area contributed by atoms with Crippen LogP contribution in [-0.2, 0) is 6.54 Å². The van der Waals surface area contributed by atoms with E-state index in [0.717, 1.165) is 16.9 Å². The minimum Gasteiger partial charge on any atom is -0.366 e. The van der Waals surface area contributed by atoms with Crippen LogP contribution in [0.3, 0.4) is 0 Å². The molecule has 0 aliphatic heterocycles. The van der Waals surface area contributed by atoms with E-state index in [1.54, 1.807) is 6.20 Å². The number of nitrogens with two attached hydrogens (primary N) is 1. The Balaban J connectivity index is 2.24. The van der Waals surface area contributed by atoms with Crippen molar-refractivity contribution >= 4 is 11.6 Å². The van der Waals surface area contributed by atoms with E-state index in [9.17, 15) is 0 Å². The summed E-state index contributed by atoms with van der Waals surface area (Å²) in [6.07, 6.45) is 5.15. The maximum absolute atomic E-state index is 5.51. The van der Waals surface area contributed by atoms with Crippen LogP contribution < -0.4 is 16.6 Å². The zero-order valence-corrected chi connectivity index (χ0v) is 12.0. The molecule has 0 radical (unpaired) electrons. The van der Waals surface area contributed by atoms with E-state index >= 15 is 0 Å². The monoisotopic (exact) mass is 272 g/mol. The van der Waals surface area contributed by atoms with Crippen molar-refractivity contribution in [1.82, 2.24) is 15.0 Å². The summed E-state index contributed by atoms with van der Waals surface area (Å²) in [6, 6.07) is 1.99. The second kappa shape index (κ2) is 6.29. The maximum atomic E-state index is 5.51. The van der Waals surface area contributed by atoms with Gasteiger partial charge in [0.25, 0.3) is 0 Å². The van der Waals surface area contributed by atoms with Crippen LogP contribution in [-0.4, -0.2) is 15.0 Å². The zero-order chi connectivity index (χ0) is 14.5. The number of pyridine rings is 1. The predicted molar refractivity (Wildman–Crippen MR) is 80.2 cm³/mol. The molecule has 0 saturated carbocycles. The molecule has 2 aromatic heterocycles. The first-order valence-corrected chi connectivity index (χ1v) is 6.58. The van der Waals surface area contributed by atoms with E-state index in [2.05, 4.69) is 46.5 Å². The van der Waals surface area contributed by atoms with Crippen molar-refractivity contribution in [2.24, 2.45) is 5.84 Å². The van der Waals surface area contributed by atoms with Crippen molar-refractivity contribution in [3.8, 4) is 0 Å². The second-order valence-corrected chi connectivity index (χ2v) is 4.94. The molecular formula is C14H20N6. The standard InChI is InChI=1S/C14H20N6/c1-9(2)12-13(18-8-19-14(12)20-15)17-7-11-6-16-5-4-10(11)3/h4-6,8-9H,7,15H2,1-3H3,(H2,17,18,19,20). The van der Waals surface area contributed by atoms with Gasteiger partial charge < -0.3 is 10.7 Å². The number of rotatable bonds is 5. The van der Waals surface area contributed by atoms with Gasteiger partial charge in [0.1, 0.15) is 18.0 Å². The Labute approximate surface area is 118 Å². The number of anilines is 2. The summed E-state index contributed by atoms with van der Waals surface area (Å²) in [7, 11) is 0. The van der Waals surface area contributed by atoms with E-state index in [1.165, 1.54) is 11.9 Å². The predicted octanol–water partition coefficient (Wildman–Crippen LogP) is 2.20. The van der Waals surface area contributed by atoms with Crippen LogP contribution in [0, 0.1) is 6.92 Å². The Morgan fingerprint density at radius 2 is 2.00 bits per heavy atom. The first-order chi connectivity index (χ1) is 9.63. The normalized spacial score (nSPS) is 10.7. The smallest absolute Gasteiger partial charge is 0.148 e. The summed E-state index contributed by atoms with van der Waals surface area (Å²) >= 11 is 0. The average Bonchev–Trinajstić information content (AvgIpc) is 2.45. The Kier molecular flexibility index (Phi) is 4.47. The Morgan fingerprint density at radius 3 is 2.65 bits per heavy atom. The van der Waals surface area contributed by atoms with E-state index < -0.39 is 0 Å². The van der Waals surface area contributed by atoms with E-state index in [1.807, 2.05) is 12.3 Å². The van der Waals surface area contributed by atoms with E-state index in [0.29, 0.717) is 12.4 Å². The lowest BCUT2D eigenvalue weighted by atomic mass is 10.0. The number of nitrogen functional groups attached to an aromatic ring is 1. The van der Waals surface area contributed by atoms with Crippen LogP contribution in [0.25, 0.3) is 0 Å². The summed E-state index contributed by atoms with van der Waals surface area (Å²) < 4.78 is 0. The molecule has 2 heterocycles. The van der Waals surface area contributed by atoms with Crippen molar-refractivity contribution < 1.29 is 0 Å². The van der Waals surface area contributed by atoms with Gasteiger partial charge >= 0.3 is 0 Å². The number of aryl methyl sites for hydroxylation is 1. The van der Waals surface area contributed by atoms with Crippen LogP contribution in [0.5, 0.6) is 0 Å². The van der Waals surface area contributed by atoms with Crippen molar-refractivity contribution in [2.45, 2.75) is 33.2 Å². The Bertz CT molecular complexity index is 582. The van der Waals surface area contributed by atoms with Gasteiger partial charge in [-0.15, -0.1) is 0 Å². The van der Waals surface area contributed by atoms with Crippen molar-refractivity contribution in [1.29, 1.82) is 0 Å². The molecule has 0 aliphatic rings. The summed E-state index contributed by atoms with van der Waals surface area (Å²) in [6.45, 7) is 6.90. The molecule has 0 unspecified atom stereocenters. The fraction of sp³-hybridized carbons (Fsp3) is 0.357. The maximum Gasteiger partial charge on any atom is 0.148 e. The average molecular weight is 272 g/mol. The molecule has 0 bridgehead atoms. The molecule has 0 atom stereocenters. The quantitative estimate of drug-likeness (QED) is 0.571. The fourth-order valence-corrected chi connectivity index (χ4v) is 2.06. The van der Waals surface area contributed by atoms with Gasteiger partial charge in [-0.2, -0.15) is 0 Å². The Morgan fingerprint density at radius 1 is 1.25 bits per heavy atom. The molecule has 0 aromatic carbocycles. The third-order valence-corrected chi connectivity index (χ3v) is 3.19. The summed E-state index contributed by atoms with van der Waals surface area (Å²) in [5.41, 5.74) is 5.95. The van der Waals surface area contributed by atoms with Crippen LogP contribution in [0.4, 0.5) is 11.6 Å². The van der Waals surface area contributed by atoms with Crippen molar-refractivity contribution in [3.05, 3.63) is 41.5 Å². The topological polar surface area (TPSA) is 88.8 Å². The Hall–Kier alpha value is -2.21. The lowest BCUT2D eigenvalue weighted by Crippen LogP contribution is -2.15.